The lowest BCUT2D eigenvalue weighted by atomic mass is 10.2. The first-order valence-corrected chi connectivity index (χ1v) is 9.58. The zero-order valence-corrected chi connectivity index (χ0v) is 16.4. The van der Waals surface area contributed by atoms with Crippen molar-refractivity contribution >= 4 is 23.2 Å². The normalized spacial score (nSPS) is 16.7. The minimum atomic E-state index is 0.370. The van der Waals surface area contributed by atoms with Gasteiger partial charge in [0.1, 0.15) is 25.8 Å². The summed E-state index contributed by atoms with van der Waals surface area (Å²) in [5.41, 5.74) is 2.12. The summed E-state index contributed by atoms with van der Waals surface area (Å²) in [4.78, 5) is 0. The molecule has 0 spiro atoms. The number of methoxy groups -OCH3 is 1. The Bertz CT molecular complexity index is 716. The molecule has 1 fully saturated rings. The molecule has 0 aliphatic carbocycles. The number of rotatable bonds is 8. The lowest BCUT2D eigenvalue weighted by Crippen LogP contribution is -2.84. The summed E-state index contributed by atoms with van der Waals surface area (Å²) in [6.45, 7) is 3.08. The summed E-state index contributed by atoms with van der Waals surface area (Å²) in [5.74, 6) is 1.21. The van der Waals surface area contributed by atoms with E-state index in [1.165, 1.54) is 0 Å². The molecule has 2 aromatic rings. The molecule has 2 N–H and O–H groups in total. The molecule has 1 atom stereocenters. The first-order chi connectivity index (χ1) is 12.7. The van der Waals surface area contributed by atoms with Gasteiger partial charge in [0, 0.05) is 17.2 Å². The van der Waals surface area contributed by atoms with E-state index in [0.717, 1.165) is 43.7 Å². The number of nitrogens with two attached hydrogens (primary N) is 1. The van der Waals surface area contributed by atoms with Gasteiger partial charge in [0.2, 0.25) is 0 Å². The molecule has 1 heterocycles. The first-order valence-electron chi connectivity index (χ1n) is 8.82. The van der Waals surface area contributed by atoms with Gasteiger partial charge in [-0.15, -0.1) is 0 Å². The van der Waals surface area contributed by atoms with Crippen LogP contribution in [0, 0.1) is 0 Å². The number of benzene rings is 2. The number of quaternary nitrogens is 1. The Morgan fingerprint density at radius 2 is 1.96 bits per heavy atom. The van der Waals surface area contributed by atoms with E-state index in [0.29, 0.717) is 34.3 Å². The molecule has 26 heavy (non-hydrogen) atoms. The molecule has 1 saturated heterocycles. The van der Waals surface area contributed by atoms with Crippen LogP contribution in [0.15, 0.2) is 36.4 Å². The maximum atomic E-state index is 6.45. The van der Waals surface area contributed by atoms with Crippen molar-refractivity contribution < 1.29 is 19.5 Å². The molecule has 1 aliphatic rings. The van der Waals surface area contributed by atoms with Crippen molar-refractivity contribution in [3.8, 4) is 11.5 Å². The predicted octanol–water partition coefficient (Wildman–Crippen LogP) is 3.82. The van der Waals surface area contributed by atoms with Gasteiger partial charge in [-0.05, 0) is 42.7 Å². The monoisotopic (exact) mass is 396 g/mol. The van der Waals surface area contributed by atoms with Gasteiger partial charge in [-0.3, -0.25) is 0 Å². The van der Waals surface area contributed by atoms with Crippen LogP contribution in [0.3, 0.4) is 0 Å². The molecule has 3 rings (SSSR count). The highest BCUT2D eigenvalue weighted by Gasteiger charge is 2.18. The molecule has 0 saturated carbocycles. The van der Waals surface area contributed by atoms with Crippen LogP contribution < -0.4 is 14.8 Å². The van der Waals surface area contributed by atoms with Crippen molar-refractivity contribution in [2.45, 2.75) is 32.1 Å². The quantitative estimate of drug-likeness (QED) is 0.737. The van der Waals surface area contributed by atoms with E-state index in [4.69, 9.17) is 37.4 Å². The van der Waals surface area contributed by atoms with Crippen LogP contribution in [0.5, 0.6) is 11.5 Å². The van der Waals surface area contributed by atoms with Gasteiger partial charge in [-0.2, -0.15) is 0 Å². The van der Waals surface area contributed by atoms with E-state index in [1.807, 2.05) is 36.4 Å². The maximum absolute atomic E-state index is 6.45. The fourth-order valence-corrected chi connectivity index (χ4v) is 3.45. The summed E-state index contributed by atoms with van der Waals surface area (Å²) < 4.78 is 17.0. The largest absolute Gasteiger partial charge is 0.493 e. The van der Waals surface area contributed by atoms with Crippen molar-refractivity contribution in [3.63, 3.8) is 0 Å². The molecule has 1 aliphatic heterocycles. The van der Waals surface area contributed by atoms with E-state index in [9.17, 15) is 0 Å². The van der Waals surface area contributed by atoms with Crippen molar-refractivity contribution in [2.24, 2.45) is 0 Å². The van der Waals surface area contributed by atoms with Gasteiger partial charge < -0.3 is 19.5 Å². The van der Waals surface area contributed by atoms with Gasteiger partial charge >= 0.3 is 0 Å². The van der Waals surface area contributed by atoms with E-state index in [1.54, 1.807) is 7.11 Å². The third-order valence-corrected chi connectivity index (χ3v) is 4.95. The van der Waals surface area contributed by atoms with Crippen molar-refractivity contribution in [3.05, 3.63) is 57.6 Å². The second-order valence-electron chi connectivity index (χ2n) is 6.39. The molecule has 0 aromatic heterocycles. The van der Waals surface area contributed by atoms with Crippen molar-refractivity contribution in [2.75, 3.05) is 20.3 Å². The van der Waals surface area contributed by atoms with Gasteiger partial charge in [-0.25, -0.2) is 0 Å². The summed E-state index contributed by atoms with van der Waals surface area (Å²) >= 11 is 12.4. The Hall–Kier alpha value is -1.46. The average Bonchev–Trinajstić information content (AvgIpc) is 3.15. The molecule has 0 radical (unpaired) electrons. The Morgan fingerprint density at radius 1 is 1.15 bits per heavy atom. The Labute approximate surface area is 164 Å². The lowest BCUT2D eigenvalue weighted by molar-refractivity contribution is -0.676. The number of hydrogen-bond acceptors (Lipinski definition) is 3. The maximum Gasteiger partial charge on any atom is 0.180 e. The van der Waals surface area contributed by atoms with Crippen LogP contribution in [-0.2, 0) is 17.9 Å². The van der Waals surface area contributed by atoms with E-state index in [2.05, 4.69) is 5.32 Å². The zero-order valence-electron chi connectivity index (χ0n) is 14.8. The summed E-state index contributed by atoms with van der Waals surface area (Å²) in [7, 11) is 1.63. The summed E-state index contributed by atoms with van der Waals surface area (Å²) in [6.07, 6.45) is 2.69. The van der Waals surface area contributed by atoms with Crippen LogP contribution in [0.25, 0.3) is 0 Å². The van der Waals surface area contributed by atoms with Crippen LogP contribution in [0.2, 0.25) is 10.0 Å². The number of hydrogen-bond donors (Lipinski definition) is 1. The van der Waals surface area contributed by atoms with Crippen LogP contribution in [-0.4, -0.2) is 26.4 Å². The van der Waals surface area contributed by atoms with Crippen molar-refractivity contribution in [1.82, 2.24) is 0 Å². The smallest absolute Gasteiger partial charge is 0.180 e. The SMILES string of the molecule is COc1cc(C[NH2+]C[C@@H]2CCCO2)cc(Cl)c1OCc1ccc(Cl)cc1. The fourth-order valence-electron chi connectivity index (χ4n) is 3.03. The predicted molar refractivity (Wildman–Crippen MR) is 103 cm³/mol. The fraction of sp³-hybridized carbons (Fsp3) is 0.400. The van der Waals surface area contributed by atoms with E-state index in [-0.39, 0.29) is 0 Å². The minimum Gasteiger partial charge on any atom is -0.493 e. The third-order valence-electron chi connectivity index (χ3n) is 4.42. The Balaban J connectivity index is 1.61. The second-order valence-corrected chi connectivity index (χ2v) is 7.23. The van der Waals surface area contributed by atoms with Crippen molar-refractivity contribution in [1.29, 1.82) is 0 Å². The Kier molecular flexibility index (Phi) is 7.03. The molecule has 2 aromatic carbocycles. The van der Waals surface area contributed by atoms with Crippen LogP contribution in [0.1, 0.15) is 24.0 Å². The molecule has 0 bridgehead atoms. The van der Waals surface area contributed by atoms with Gasteiger partial charge in [0.05, 0.1) is 12.1 Å². The summed E-state index contributed by atoms with van der Waals surface area (Å²) in [5, 5.41) is 3.50. The third kappa shape index (κ3) is 5.27. The lowest BCUT2D eigenvalue weighted by Gasteiger charge is -2.14. The highest BCUT2D eigenvalue weighted by atomic mass is 35.5. The van der Waals surface area contributed by atoms with Gasteiger partial charge in [0.25, 0.3) is 0 Å². The molecule has 0 unspecified atom stereocenters. The van der Waals surface area contributed by atoms with E-state index >= 15 is 0 Å². The first kappa shape index (κ1) is 19.3. The van der Waals surface area contributed by atoms with Gasteiger partial charge in [0.15, 0.2) is 11.5 Å². The molecule has 140 valence electrons. The highest BCUT2D eigenvalue weighted by molar-refractivity contribution is 6.32. The molecular weight excluding hydrogens is 373 g/mol. The number of ether oxygens (including phenoxy) is 3. The average molecular weight is 397 g/mol. The Morgan fingerprint density at radius 3 is 2.65 bits per heavy atom. The molecular formula is C20H24Cl2NO3+. The molecule has 4 nitrogen and oxygen atoms in total. The van der Waals surface area contributed by atoms with E-state index < -0.39 is 0 Å². The highest BCUT2D eigenvalue weighted by Crippen LogP contribution is 2.36. The number of halogens is 2. The topological polar surface area (TPSA) is 44.3 Å². The molecule has 6 heteroatoms. The molecule has 0 amide bonds. The van der Waals surface area contributed by atoms with Crippen LogP contribution >= 0.6 is 23.2 Å². The second kappa shape index (κ2) is 9.47. The zero-order chi connectivity index (χ0) is 18.4. The standard InChI is InChI=1S/C20H23Cl2NO3/c1-24-19-10-15(11-23-12-17-3-2-8-25-17)9-18(22)20(19)26-13-14-4-6-16(21)7-5-14/h4-7,9-10,17,23H,2-3,8,11-13H2,1H3/p+1/t17-/m0/s1. The van der Waals surface area contributed by atoms with Gasteiger partial charge in [-0.1, -0.05) is 35.3 Å². The minimum absolute atomic E-state index is 0.370. The van der Waals surface area contributed by atoms with Crippen LogP contribution in [0.4, 0.5) is 0 Å². The summed E-state index contributed by atoms with van der Waals surface area (Å²) in [6, 6.07) is 11.5.